The number of nitrogens with zero attached hydrogens (tertiary/aromatic N) is 1. The van der Waals surface area contributed by atoms with E-state index in [1.54, 1.807) is 0 Å². The summed E-state index contributed by atoms with van der Waals surface area (Å²) in [7, 11) is 0. The molecule has 0 aliphatic carbocycles. The van der Waals surface area contributed by atoms with E-state index in [1.165, 1.54) is 5.56 Å². The summed E-state index contributed by atoms with van der Waals surface area (Å²) >= 11 is 10.8. The fourth-order valence-electron chi connectivity index (χ4n) is 2.04. The quantitative estimate of drug-likeness (QED) is 0.580. The molecular formula is C15H14Br3N. The van der Waals surface area contributed by atoms with Crippen LogP contribution in [0.4, 0.5) is 0 Å². The summed E-state index contributed by atoms with van der Waals surface area (Å²) < 4.78 is 1.01. The second kappa shape index (κ2) is 7.00. The van der Waals surface area contributed by atoms with Gasteiger partial charge in [0.1, 0.15) is 0 Å². The molecule has 2 aromatic rings. The lowest BCUT2D eigenvalue weighted by molar-refractivity contribution is 0.543. The SMILES string of the molecule is BrCC(CBr)(Cc1ccc(Br)cn1)c1ccccc1. The van der Waals surface area contributed by atoms with Crippen molar-refractivity contribution in [1.29, 1.82) is 0 Å². The number of hydrogen-bond acceptors (Lipinski definition) is 1. The zero-order valence-corrected chi connectivity index (χ0v) is 15.1. The van der Waals surface area contributed by atoms with Crippen LogP contribution in [0.1, 0.15) is 11.3 Å². The molecule has 100 valence electrons. The molecule has 4 heteroatoms. The van der Waals surface area contributed by atoms with E-state index in [-0.39, 0.29) is 5.41 Å². The van der Waals surface area contributed by atoms with Crippen LogP contribution in [-0.2, 0) is 11.8 Å². The van der Waals surface area contributed by atoms with Gasteiger partial charge in [0, 0.05) is 38.9 Å². The molecule has 0 bridgehead atoms. The first-order valence-corrected chi connectivity index (χ1v) is 9.02. The topological polar surface area (TPSA) is 12.9 Å². The Hall–Kier alpha value is -0.190. The van der Waals surface area contributed by atoms with Gasteiger partial charge in [-0.3, -0.25) is 4.98 Å². The fraction of sp³-hybridized carbons (Fsp3) is 0.267. The van der Waals surface area contributed by atoms with Crippen molar-refractivity contribution < 1.29 is 0 Å². The minimum Gasteiger partial charge on any atom is -0.260 e. The molecule has 2 rings (SSSR count). The summed E-state index contributed by atoms with van der Waals surface area (Å²) in [5, 5.41) is 1.79. The molecular weight excluding hydrogens is 434 g/mol. The van der Waals surface area contributed by atoms with Crippen molar-refractivity contribution in [3.63, 3.8) is 0 Å². The van der Waals surface area contributed by atoms with Crippen LogP contribution in [0.15, 0.2) is 53.1 Å². The molecule has 1 aromatic carbocycles. The Labute approximate surface area is 139 Å². The maximum atomic E-state index is 4.50. The van der Waals surface area contributed by atoms with E-state index in [9.17, 15) is 0 Å². The summed E-state index contributed by atoms with van der Waals surface area (Å²) in [6, 6.07) is 14.7. The lowest BCUT2D eigenvalue weighted by Gasteiger charge is -2.30. The molecule has 0 radical (unpaired) electrons. The lowest BCUT2D eigenvalue weighted by atomic mass is 9.80. The van der Waals surface area contributed by atoms with Crippen LogP contribution in [0.2, 0.25) is 0 Å². The number of aromatic nitrogens is 1. The first-order valence-electron chi connectivity index (χ1n) is 5.98. The number of halogens is 3. The predicted molar refractivity (Wildman–Crippen MR) is 91.3 cm³/mol. The lowest BCUT2D eigenvalue weighted by Crippen LogP contribution is -2.33. The highest BCUT2D eigenvalue weighted by molar-refractivity contribution is 9.10. The smallest absolute Gasteiger partial charge is 0.0413 e. The van der Waals surface area contributed by atoms with Crippen LogP contribution in [0.3, 0.4) is 0 Å². The van der Waals surface area contributed by atoms with Gasteiger partial charge in [-0.15, -0.1) is 0 Å². The van der Waals surface area contributed by atoms with E-state index in [0.717, 1.165) is 27.2 Å². The zero-order valence-electron chi connectivity index (χ0n) is 10.3. The molecule has 0 atom stereocenters. The molecule has 0 amide bonds. The predicted octanol–water partition coefficient (Wildman–Crippen LogP) is 5.11. The van der Waals surface area contributed by atoms with Crippen molar-refractivity contribution in [2.45, 2.75) is 11.8 Å². The Morgan fingerprint density at radius 1 is 0.947 bits per heavy atom. The van der Waals surface area contributed by atoms with E-state index < -0.39 is 0 Å². The van der Waals surface area contributed by atoms with Crippen molar-refractivity contribution in [1.82, 2.24) is 4.98 Å². The van der Waals surface area contributed by atoms with E-state index in [2.05, 4.69) is 89.2 Å². The van der Waals surface area contributed by atoms with Gasteiger partial charge in [-0.2, -0.15) is 0 Å². The molecule has 1 nitrogen and oxygen atoms in total. The Bertz CT molecular complexity index is 507. The third-order valence-corrected chi connectivity index (χ3v) is 5.82. The van der Waals surface area contributed by atoms with Gasteiger partial charge in [-0.05, 0) is 33.6 Å². The highest BCUT2D eigenvalue weighted by Crippen LogP contribution is 2.32. The fourth-order valence-corrected chi connectivity index (χ4v) is 4.24. The number of hydrogen-bond donors (Lipinski definition) is 0. The van der Waals surface area contributed by atoms with Crippen molar-refractivity contribution in [2.24, 2.45) is 0 Å². The molecule has 0 aliphatic heterocycles. The molecule has 0 spiro atoms. The van der Waals surface area contributed by atoms with Crippen LogP contribution >= 0.6 is 47.8 Å². The third-order valence-electron chi connectivity index (χ3n) is 3.21. The summed E-state index contributed by atoms with van der Waals surface area (Å²) in [5.41, 5.74) is 2.46. The van der Waals surface area contributed by atoms with Crippen molar-refractivity contribution in [2.75, 3.05) is 10.7 Å². The second-order valence-corrected chi connectivity index (χ2v) is 6.60. The standard InChI is InChI=1S/C15H14Br3N/c16-10-15(11-17,12-4-2-1-3-5-12)8-14-7-6-13(18)9-19-14/h1-7,9H,8,10-11H2. The number of benzene rings is 1. The average Bonchev–Trinajstić information content (AvgIpc) is 2.48. The Balaban J connectivity index is 2.32. The largest absolute Gasteiger partial charge is 0.260 e. The molecule has 0 aliphatic rings. The molecule has 0 saturated carbocycles. The maximum Gasteiger partial charge on any atom is 0.0413 e. The van der Waals surface area contributed by atoms with Crippen molar-refractivity contribution >= 4 is 47.8 Å². The maximum absolute atomic E-state index is 4.50. The molecule has 0 saturated heterocycles. The Morgan fingerprint density at radius 2 is 1.63 bits per heavy atom. The van der Waals surface area contributed by atoms with Gasteiger partial charge in [-0.25, -0.2) is 0 Å². The second-order valence-electron chi connectivity index (χ2n) is 4.56. The Morgan fingerprint density at radius 3 is 2.16 bits per heavy atom. The van der Waals surface area contributed by atoms with Gasteiger partial charge in [0.05, 0.1) is 0 Å². The van der Waals surface area contributed by atoms with E-state index in [0.29, 0.717) is 0 Å². The van der Waals surface area contributed by atoms with Gasteiger partial charge in [0.15, 0.2) is 0 Å². The first kappa shape index (κ1) is 15.2. The van der Waals surface area contributed by atoms with E-state index >= 15 is 0 Å². The normalized spacial score (nSPS) is 11.5. The monoisotopic (exact) mass is 445 g/mol. The minimum absolute atomic E-state index is 0.0299. The molecule has 19 heavy (non-hydrogen) atoms. The van der Waals surface area contributed by atoms with Crippen molar-refractivity contribution in [3.8, 4) is 0 Å². The molecule has 0 fully saturated rings. The van der Waals surface area contributed by atoms with Crippen LogP contribution in [0.25, 0.3) is 0 Å². The highest BCUT2D eigenvalue weighted by Gasteiger charge is 2.30. The first-order chi connectivity index (χ1) is 9.20. The van der Waals surface area contributed by atoms with Gasteiger partial charge < -0.3 is 0 Å². The van der Waals surface area contributed by atoms with Crippen LogP contribution in [0.5, 0.6) is 0 Å². The number of alkyl halides is 2. The number of pyridine rings is 1. The van der Waals surface area contributed by atoms with Crippen LogP contribution in [-0.4, -0.2) is 15.6 Å². The van der Waals surface area contributed by atoms with E-state index in [1.807, 2.05) is 12.3 Å². The summed E-state index contributed by atoms with van der Waals surface area (Å²) in [4.78, 5) is 4.50. The van der Waals surface area contributed by atoms with Gasteiger partial charge >= 0.3 is 0 Å². The summed E-state index contributed by atoms with van der Waals surface area (Å²) in [6.07, 6.45) is 2.76. The molecule has 1 heterocycles. The average molecular weight is 448 g/mol. The summed E-state index contributed by atoms with van der Waals surface area (Å²) in [5.74, 6) is 0. The van der Waals surface area contributed by atoms with E-state index in [4.69, 9.17) is 0 Å². The van der Waals surface area contributed by atoms with Gasteiger partial charge in [0.25, 0.3) is 0 Å². The highest BCUT2D eigenvalue weighted by atomic mass is 79.9. The van der Waals surface area contributed by atoms with Gasteiger partial charge in [0.2, 0.25) is 0 Å². The molecule has 0 N–H and O–H groups in total. The zero-order chi connectivity index (χ0) is 13.7. The summed E-state index contributed by atoms with van der Waals surface area (Å²) in [6.45, 7) is 0. The third kappa shape index (κ3) is 3.67. The Kier molecular flexibility index (Phi) is 5.60. The van der Waals surface area contributed by atoms with Gasteiger partial charge in [-0.1, -0.05) is 62.2 Å². The minimum atomic E-state index is 0.0299. The van der Waals surface area contributed by atoms with Crippen LogP contribution < -0.4 is 0 Å². The molecule has 0 unspecified atom stereocenters. The molecule has 1 aromatic heterocycles. The van der Waals surface area contributed by atoms with Crippen LogP contribution in [0, 0.1) is 0 Å². The van der Waals surface area contributed by atoms with Crippen molar-refractivity contribution in [3.05, 3.63) is 64.4 Å². The number of rotatable bonds is 5.